The Bertz CT molecular complexity index is 402. The summed E-state index contributed by atoms with van der Waals surface area (Å²) in [5.41, 5.74) is 2.38. The third kappa shape index (κ3) is 3.72. The third-order valence-corrected chi connectivity index (χ3v) is 2.17. The molecule has 1 rings (SSSR count). The van der Waals surface area contributed by atoms with Gasteiger partial charge in [0, 0.05) is 0 Å². The third-order valence-electron chi connectivity index (χ3n) is 1.32. The van der Waals surface area contributed by atoms with Gasteiger partial charge in [0.2, 0.25) is 0 Å². The molecule has 0 saturated carbocycles. The molecule has 0 saturated heterocycles. The molecule has 0 unspecified atom stereocenters. The minimum absolute atomic E-state index is 0. The maximum absolute atomic E-state index is 10.4. The van der Waals surface area contributed by atoms with Crippen molar-refractivity contribution in [2.24, 2.45) is 5.29 Å². The van der Waals surface area contributed by atoms with Crippen LogP contribution in [0.5, 0.6) is 0 Å². The van der Waals surface area contributed by atoms with E-state index in [1.807, 2.05) is 0 Å². The van der Waals surface area contributed by atoms with Crippen molar-refractivity contribution in [3.8, 4) is 0 Å². The van der Waals surface area contributed by atoms with E-state index >= 15 is 0 Å². The second-order valence-electron chi connectivity index (χ2n) is 2.18. The molecule has 0 bridgehead atoms. The summed E-state index contributed by atoms with van der Waals surface area (Å²) in [4.78, 5) is 9.37. The maximum Gasteiger partial charge on any atom is 1.00 e. The van der Waals surface area contributed by atoms with Gasteiger partial charge in [0.25, 0.3) is 0 Å². The average molecular weight is 224 g/mol. The van der Waals surface area contributed by atoms with Crippen LogP contribution in [-0.4, -0.2) is 13.0 Å². The molecule has 0 spiro atoms. The molecule has 0 aliphatic carbocycles. The van der Waals surface area contributed by atoms with E-state index in [0.29, 0.717) is 5.69 Å². The summed E-state index contributed by atoms with van der Waals surface area (Å²) in [7, 11) is -4.42. The van der Waals surface area contributed by atoms with Crippen LogP contribution in [0.1, 0.15) is 0 Å². The molecule has 1 aromatic carbocycles. The van der Waals surface area contributed by atoms with Crippen molar-refractivity contribution >= 4 is 15.8 Å². The van der Waals surface area contributed by atoms with Gasteiger partial charge >= 0.3 is 29.6 Å². The molecule has 0 fully saturated rings. The Kier molecular flexibility index (Phi) is 5.24. The quantitative estimate of drug-likeness (QED) is 0.269. The van der Waals surface area contributed by atoms with Crippen LogP contribution in [0.4, 0.5) is 5.69 Å². The summed E-state index contributed by atoms with van der Waals surface area (Å²) < 4.78 is 31.3. The van der Waals surface area contributed by atoms with Crippen LogP contribution in [0.3, 0.4) is 0 Å². The summed E-state index contributed by atoms with van der Waals surface area (Å²) in [5.74, 6) is 0. The molecule has 0 heterocycles. The predicted molar refractivity (Wildman–Crippen MR) is 43.8 cm³/mol. The number of hydrogen-bond donors (Lipinski definition) is 1. The van der Waals surface area contributed by atoms with Gasteiger partial charge in [0.1, 0.15) is 10.1 Å². The molecule has 6 nitrogen and oxygen atoms in total. The molecule has 0 aromatic heterocycles. The molecular weight excluding hydrogens is 219 g/mol. The van der Waals surface area contributed by atoms with Gasteiger partial charge in [-0.15, -0.1) is 4.91 Å². The monoisotopic (exact) mass is 224 g/mol. The number of hydrogen-bond acceptors (Lipinski definition) is 5. The molecule has 1 aromatic rings. The van der Waals surface area contributed by atoms with Crippen molar-refractivity contribution in [1.82, 2.24) is 0 Å². The first-order chi connectivity index (χ1) is 6.04. The zero-order valence-corrected chi connectivity index (χ0v) is 10.1. The normalized spacial score (nSPS) is 10.1. The van der Waals surface area contributed by atoms with Gasteiger partial charge in [-0.25, -0.2) is 13.8 Å². The first-order valence-electron chi connectivity index (χ1n) is 3.18. The van der Waals surface area contributed by atoms with Crippen LogP contribution in [0.2, 0.25) is 0 Å². The average Bonchev–Trinajstić information content (AvgIpc) is 2.04. The first-order valence-corrected chi connectivity index (χ1v) is 4.59. The largest absolute Gasteiger partial charge is 1.00 e. The number of nitrogens with one attached hydrogen (secondary N) is 1. The second kappa shape index (κ2) is 5.42. The van der Waals surface area contributed by atoms with Crippen LogP contribution < -0.4 is 35.0 Å². The Labute approximate surface area is 103 Å². The molecule has 0 aliphatic rings. The van der Waals surface area contributed by atoms with Crippen LogP contribution in [0.15, 0.2) is 34.4 Å². The Morgan fingerprint density at radius 3 is 2.07 bits per heavy atom. The smallest absolute Gasteiger partial charge is 0.744 e. The van der Waals surface area contributed by atoms with Gasteiger partial charge in [0.05, 0.1) is 15.9 Å². The van der Waals surface area contributed by atoms with E-state index in [-0.39, 0.29) is 34.5 Å². The van der Waals surface area contributed by atoms with Crippen molar-refractivity contribution in [2.45, 2.75) is 4.90 Å². The van der Waals surface area contributed by atoms with Crippen molar-refractivity contribution in [2.75, 3.05) is 5.43 Å². The number of nitrogens with zero attached hydrogens (tertiary/aromatic N) is 1. The summed E-state index contributed by atoms with van der Waals surface area (Å²) in [6.07, 6.45) is 0. The SMILES string of the molecule is O=NNc1ccc(S(=O)(=O)[O-])cc1.[Na+]. The fraction of sp³-hybridized carbons (Fsp3) is 0. The van der Waals surface area contributed by atoms with E-state index in [1.165, 1.54) is 12.1 Å². The topological polar surface area (TPSA) is 98.7 Å². The Balaban J connectivity index is 0.00000169. The Hall–Kier alpha value is -0.470. The number of benzene rings is 1. The summed E-state index contributed by atoms with van der Waals surface area (Å²) in [5, 5.41) is 2.37. The molecule has 0 radical (unpaired) electrons. The molecule has 14 heavy (non-hydrogen) atoms. The van der Waals surface area contributed by atoms with Crippen molar-refractivity contribution in [1.29, 1.82) is 0 Å². The molecule has 0 amide bonds. The van der Waals surface area contributed by atoms with Gasteiger partial charge in [-0.3, -0.25) is 0 Å². The number of nitroso groups, excluding NO2 is 1. The Morgan fingerprint density at radius 1 is 1.21 bits per heavy atom. The molecule has 0 aliphatic heterocycles. The fourth-order valence-corrected chi connectivity index (χ4v) is 1.22. The van der Waals surface area contributed by atoms with E-state index in [4.69, 9.17) is 0 Å². The van der Waals surface area contributed by atoms with Gasteiger partial charge in [-0.2, -0.15) is 0 Å². The van der Waals surface area contributed by atoms with E-state index in [9.17, 15) is 17.9 Å². The van der Waals surface area contributed by atoms with Crippen molar-refractivity contribution in [3.05, 3.63) is 29.2 Å². The number of rotatable bonds is 3. The summed E-state index contributed by atoms with van der Waals surface area (Å²) >= 11 is 0. The van der Waals surface area contributed by atoms with E-state index in [1.54, 1.807) is 0 Å². The van der Waals surface area contributed by atoms with Gasteiger partial charge in [-0.05, 0) is 24.3 Å². The zero-order chi connectivity index (χ0) is 9.90. The summed E-state index contributed by atoms with van der Waals surface area (Å²) in [6.45, 7) is 0. The molecular formula is C6H5N2NaO4S. The van der Waals surface area contributed by atoms with E-state index < -0.39 is 10.1 Å². The zero-order valence-electron chi connectivity index (χ0n) is 7.30. The predicted octanol–water partition coefficient (Wildman–Crippen LogP) is -2.31. The van der Waals surface area contributed by atoms with Crippen LogP contribution >= 0.6 is 0 Å². The van der Waals surface area contributed by atoms with Crippen LogP contribution in [0, 0.1) is 4.91 Å². The first kappa shape index (κ1) is 13.5. The molecule has 70 valence electrons. The molecule has 1 N–H and O–H groups in total. The van der Waals surface area contributed by atoms with Gasteiger partial charge in [0.15, 0.2) is 0 Å². The second-order valence-corrected chi connectivity index (χ2v) is 3.56. The standard InChI is InChI=1S/C6H6N2O4S.Na/c9-8-7-5-1-3-6(4-2-5)13(10,11)12;/h1-4H,(H,7,9)(H,10,11,12);/q;+1/p-1. The van der Waals surface area contributed by atoms with E-state index in [0.717, 1.165) is 12.1 Å². The Morgan fingerprint density at radius 2 is 1.71 bits per heavy atom. The maximum atomic E-state index is 10.4. The summed E-state index contributed by atoms with van der Waals surface area (Å²) in [6, 6.07) is 4.73. The minimum atomic E-state index is -4.42. The van der Waals surface area contributed by atoms with E-state index in [2.05, 4.69) is 10.7 Å². The molecule has 8 heteroatoms. The van der Waals surface area contributed by atoms with Crippen LogP contribution in [0.25, 0.3) is 0 Å². The number of anilines is 1. The van der Waals surface area contributed by atoms with Crippen LogP contribution in [-0.2, 0) is 10.1 Å². The van der Waals surface area contributed by atoms with Crippen molar-refractivity contribution < 1.29 is 42.5 Å². The van der Waals surface area contributed by atoms with Gasteiger partial charge < -0.3 is 4.55 Å². The minimum Gasteiger partial charge on any atom is -0.744 e. The van der Waals surface area contributed by atoms with Crippen molar-refractivity contribution in [3.63, 3.8) is 0 Å². The fourth-order valence-electron chi connectivity index (χ4n) is 0.749. The molecule has 0 atom stereocenters. The van der Waals surface area contributed by atoms with Gasteiger partial charge in [-0.1, -0.05) is 0 Å².